The van der Waals surface area contributed by atoms with E-state index in [2.05, 4.69) is 11.9 Å². The molecule has 1 aromatic heterocycles. The van der Waals surface area contributed by atoms with Crippen LogP contribution < -0.4 is 5.56 Å². The fourth-order valence-electron chi connectivity index (χ4n) is 4.04. The molecule has 0 saturated heterocycles. The predicted octanol–water partition coefficient (Wildman–Crippen LogP) is 3.88. The minimum Gasteiger partial charge on any atom is -0.469 e. The van der Waals surface area contributed by atoms with Crippen LogP contribution in [-0.2, 0) is 27.4 Å². The van der Waals surface area contributed by atoms with Gasteiger partial charge in [-0.3, -0.25) is 19.0 Å². The number of nitrogens with zero attached hydrogens (tertiary/aromatic N) is 3. The fourth-order valence-corrected chi connectivity index (χ4v) is 4.95. The van der Waals surface area contributed by atoms with Crippen LogP contribution in [-0.4, -0.2) is 45.2 Å². The first-order chi connectivity index (χ1) is 16.5. The zero-order valence-electron chi connectivity index (χ0n) is 19.5. The van der Waals surface area contributed by atoms with Crippen LogP contribution in [0.1, 0.15) is 31.7 Å². The van der Waals surface area contributed by atoms with Crippen LogP contribution in [0.15, 0.2) is 64.5 Å². The molecule has 34 heavy (non-hydrogen) atoms. The molecular weight excluding hydrogens is 450 g/mol. The highest BCUT2D eigenvalue weighted by molar-refractivity contribution is 7.99. The summed E-state index contributed by atoms with van der Waals surface area (Å²) < 4.78 is 6.21. The minimum atomic E-state index is -0.403. The Labute approximate surface area is 203 Å². The van der Waals surface area contributed by atoms with E-state index in [1.807, 2.05) is 41.3 Å². The summed E-state index contributed by atoms with van der Waals surface area (Å²) in [6.07, 6.45) is 2.34. The molecule has 1 saturated carbocycles. The van der Waals surface area contributed by atoms with Gasteiger partial charge in [0.1, 0.15) is 0 Å². The van der Waals surface area contributed by atoms with Crippen molar-refractivity contribution < 1.29 is 14.3 Å². The normalized spacial score (nSPS) is 14.1. The summed E-state index contributed by atoms with van der Waals surface area (Å²) in [6.45, 7) is 2.81. The second-order valence-corrected chi connectivity index (χ2v) is 9.51. The average molecular weight is 480 g/mol. The van der Waals surface area contributed by atoms with Crippen molar-refractivity contribution in [3.63, 3.8) is 0 Å². The first-order valence-corrected chi connectivity index (χ1v) is 12.5. The summed E-state index contributed by atoms with van der Waals surface area (Å²) in [5, 5.41) is 0.913. The van der Waals surface area contributed by atoms with Crippen LogP contribution >= 0.6 is 11.8 Å². The van der Waals surface area contributed by atoms with E-state index in [-0.39, 0.29) is 36.2 Å². The van der Waals surface area contributed by atoms with Gasteiger partial charge in [-0.2, -0.15) is 0 Å². The smallest absolute Gasteiger partial charge is 0.307 e. The third kappa shape index (κ3) is 5.67. The Bertz CT molecular complexity index is 1220. The van der Waals surface area contributed by atoms with Crippen LogP contribution in [0.4, 0.5) is 0 Å². The average Bonchev–Trinajstić information content (AvgIpc) is 3.71. The zero-order valence-corrected chi connectivity index (χ0v) is 20.3. The molecule has 1 aliphatic carbocycles. The molecule has 1 unspecified atom stereocenters. The lowest BCUT2D eigenvalue weighted by Gasteiger charge is -2.29. The van der Waals surface area contributed by atoms with Gasteiger partial charge >= 0.3 is 5.97 Å². The van der Waals surface area contributed by atoms with E-state index < -0.39 is 5.97 Å². The van der Waals surface area contributed by atoms with E-state index in [1.165, 1.54) is 23.4 Å². The monoisotopic (exact) mass is 479 g/mol. The standard InChI is InChI=1S/C26H29N3O4S/c1-18(20-12-13-20)29(16-19-8-4-3-5-9-19)23(30)17-34-26-27-22-11-7-6-10-21(22)25(32)28(26)15-14-24(31)33-2/h3-11,18,20H,12-17H2,1-2H3. The zero-order chi connectivity index (χ0) is 24.1. The van der Waals surface area contributed by atoms with Gasteiger partial charge in [-0.15, -0.1) is 0 Å². The van der Waals surface area contributed by atoms with Gasteiger partial charge in [0, 0.05) is 19.1 Å². The Hall–Kier alpha value is -3.13. The number of ether oxygens (including phenoxy) is 1. The third-order valence-corrected chi connectivity index (χ3v) is 7.19. The lowest BCUT2D eigenvalue weighted by molar-refractivity contribution is -0.141. The molecule has 8 heteroatoms. The van der Waals surface area contributed by atoms with Gasteiger partial charge in [-0.05, 0) is 43.4 Å². The molecule has 1 amide bonds. The molecule has 0 spiro atoms. The molecule has 3 aromatic rings. The molecule has 7 nitrogen and oxygen atoms in total. The summed E-state index contributed by atoms with van der Waals surface area (Å²) in [7, 11) is 1.32. The Morgan fingerprint density at radius 2 is 1.85 bits per heavy atom. The third-order valence-electron chi connectivity index (χ3n) is 6.23. The van der Waals surface area contributed by atoms with Gasteiger partial charge in [0.15, 0.2) is 5.16 Å². The number of hydrogen-bond donors (Lipinski definition) is 0. The van der Waals surface area contributed by atoms with Gasteiger partial charge < -0.3 is 9.64 Å². The van der Waals surface area contributed by atoms with Gasteiger partial charge in [0.25, 0.3) is 5.56 Å². The summed E-state index contributed by atoms with van der Waals surface area (Å²) in [6, 6.07) is 17.3. The molecule has 1 fully saturated rings. The van der Waals surface area contributed by atoms with E-state index in [0.29, 0.717) is 28.5 Å². The van der Waals surface area contributed by atoms with Gasteiger partial charge in [-0.1, -0.05) is 54.2 Å². The van der Waals surface area contributed by atoms with Crippen molar-refractivity contribution in [2.24, 2.45) is 5.92 Å². The summed E-state index contributed by atoms with van der Waals surface area (Å²) >= 11 is 1.24. The number of hydrogen-bond acceptors (Lipinski definition) is 6. The maximum absolute atomic E-state index is 13.4. The van der Waals surface area contributed by atoms with E-state index in [1.54, 1.807) is 18.2 Å². The number of para-hydroxylation sites is 1. The van der Waals surface area contributed by atoms with E-state index in [4.69, 9.17) is 4.74 Å². The van der Waals surface area contributed by atoms with Crippen LogP contribution in [0.3, 0.4) is 0 Å². The maximum atomic E-state index is 13.4. The molecule has 2 aromatic carbocycles. The van der Waals surface area contributed by atoms with Gasteiger partial charge in [-0.25, -0.2) is 4.98 Å². The SMILES string of the molecule is COC(=O)CCn1c(SCC(=O)N(Cc2ccccc2)C(C)C2CC2)nc2ccccc2c1=O. The summed E-state index contributed by atoms with van der Waals surface area (Å²) in [4.78, 5) is 44.8. The highest BCUT2D eigenvalue weighted by atomic mass is 32.2. The van der Waals surface area contributed by atoms with E-state index in [9.17, 15) is 14.4 Å². The van der Waals surface area contributed by atoms with Crippen molar-refractivity contribution in [3.05, 3.63) is 70.5 Å². The molecule has 0 N–H and O–H groups in total. The number of fused-ring (bicyclic) bond motifs is 1. The Balaban J connectivity index is 1.57. The second-order valence-electron chi connectivity index (χ2n) is 8.57. The fraction of sp³-hybridized carbons (Fsp3) is 0.385. The number of thioether (sulfide) groups is 1. The number of carbonyl (C=O) groups is 2. The lowest BCUT2D eigenvalue weighted by Crippen LogP contribution is -2.40. The molecule has 4 rings (SSSR count). The van der Waals surface area contributed by atoms with Crippen LogP contribution in [0, 0.1) is 5.92 Å². The van der Waals surface area contributed by atoms with E-state index >= 15 is 0 Å². The molecule has 178 valence electrons. The number of aromatic nitrogens is 2. The number of amides is 1. The van der Waals surface area contributed by atoms with Crippen LogP contribution in [0.25, 0.3) is 10.9 Å². The minimum absolute atomic E-state index is 0.00942. The van der Waals surface area contributed by atoms with Crippen molar-refractivity contribution >= 4 is 34.5 Å². The number of methoxy groups -OCH3 is 1. The predicted molar refractivity (Wildman–Crippen MR) is 133 cm³/mol. The van der Waals surface area contributed by atoms with Gasteiger partial charge in [0.05, 0.1) is 30.2 Å². The molecule has 1 atom stereocenters. The highest BCUT2D eigenvalue weighted by Gasteiger charge is 2.34. The highest BCUT2D eigenvalue weighted by Crippen LogP contribution is 2.36. The largest absolute Gasteiger partial charge is 0.469 e. The number of rotatable bonds is 10. The van der Waals surface area contributed by atoms with Crippen LogP contribution in [0.5, 0.6) is 0 Å². The Kier molecular flexibility index (Phi) is 7.67. The lowest BCUT2D eigenvalue weighted by atomic mass is 10.1. The first-order valence-electron chi connectivity index (χ1n) is 11.5. The van der Waals surface area contributed by atoms with Crippen molar-refractivity contribution in [2.45, 2.75) is 50.5 Å². The molecular formula is C26H29N3O4S. The number of esters is 1. The van der Waals surface area contributed by atoms with E-state index in [0.717, 1.165) is 18.4 Å². The number of benzene rings is 2. The summed E-state index contributed by atoms with van der Waals surface area (Å²) in [5.74, 6) is 0.302. The molecule has 1 heterocycles. The summed E-state index contributed by atoms with van der Waals surface area (Å²) in [5.41, 5.74) is 1.44. The Morgan fingerprint density at radius 3 is 2.56 bits per heavy atom. The van der Waals surface area contributed by atoms with Gasteiger partial charge in [0.2, 0.25) is 5.91 Å². The van der Waals surface area contributed by atoms with Crippen molar-refractivity contribution in [2.75, 3.05) is 12.9 Å². The Morgan fingerprint density at radius 1 is 1.15 bits per heavy atom. The quantitative estimate of drug-likeness (QED) is 0.249. The number of carbonyl (C=O) groups excluding carboxylic acids is 2. The second kappa shape index (κ2) is 10.9. The molecule has 0 radical (unpaired) electrons. The van der Waals surface area contributed by atoms with Crippen molar-refractivity contribution in [3.8, 4) is 0 Å². The molecule has 0 bridgehead atoms. The van der Waals surface area contributed by atoms with Crippen molar-refractivity contribution in [1.29, 1.82) is 0 Å². The van der Waals surface area contributed by atoms with Crippen molar-refractivity contribution in [1.82, 2.24) is 14.5 Å². The van der Waals surface area contributed by atoms with Crippen LogP contribution in [0.2, 0.25) is 0 Å². The molecule has 1 aliphatic rings. The first kappa shape index (κ1) is 24.0. The topological polar surface area (TPSA) is 81.5 Å². The molecule has 0 aliphatic heterocycles. The maximum Gasteiger partial charge on any atom is 0.307 e.